The lowest BCUT2D eigenvalue weighted by molar-refractivity contribution is -0.137. The van der Waals surface area contributed by atoms with Gasteiger partial charge < -0.3 is 9.47 Å². The van der Waals surface area contributed by atoms with Gasteiger partial charge in [0.2, 0.25) is 0 Å². The maximum absolute atomic E-state index is 12.8. The first-order chi connectivity index (χ1) is 14.7. The van der Waals surface area contributed by atoms with Crippen molar-refractivity contribution < 1.29 is 32.6 Å². The van der Waals surface area contributed by atoms with Crippen molar-refractivity contribution in [3.8, 4) is 11.5 Å². The van der Waals surface area contributed by atoms with Gasteiger partial charge in [0.05, 0.1) is 12.7 Å². The summed E-state index contributed by atoms with van der Waals surface area (Å²) >= 11 is 0. The molecule has 0 unspecified atom stereocenters. The number of methoxy groups -OCH3 is 1. The zero-order valence-corrected chi connectivity index (χ0v) is 17.4. The molecule has 0 fully saturated rings. The van der Waals surface area contributed by atoms with Gasteiger partial charge in [-0.25, -0.2) is 5.48 Å². The van der Waals surface area contributed by atoms with Crippen molar-refractivity contribution >= 4 is 12.0 Å². The summed E-state index contributed by atoms with van der Waals surface area (Å²) in [6.07, 6.45) is 0.671. The Bertz CT molecular complexity index is 960. The third-order valence-corrected chi connectivity index (χ3v) is 4.37. The van der Waals surface area contributed by atoms with Gasteiger partial charge in [0, 0.05) is 17.2 Å². The Morgan fingerprint density at radius 2 is 1.81 bits per heavy atom. The molecule has 0 spiro atoms. The molecular formula is C23H24F3NO4. The van der Waals surface area contributed by atoms with Crippen molar-refractivity contribution in [2.75, 3.05) is 7.11 Å². The number of halogens is 3. The van der Waals surface area contributed by atoms with E-state index in [1.807, 2.05) is 19.9 Å². The first-order valence-electron chi connectivity index (χ1n) is 9.40. The summed E-state index contributed by atoms with van der Waals surface area (Å²) < 4.78 is 49.8. The number of nitrogens with one attached hydrogen (secondary N) is 1. The molecule has 0 heterocycles. The molecule has 2 rings (SSSR count). The summed E-state index contributed by atoms with van der Waals surface area (Å²) in [7, 11) is 1.52. The lowest BCUT2D eigenvalue weighted by Gasteiger charge is -2.17. The smallest absolute Gasteiger partial charge is 0.416 e. The molecule has 0 saturated carbocycles. The normalized spacial score (nSPS) is 11.3. The molecule has 0 aromatic heterocycles. The summed E-state index contributed by atoms with van der Waals surface area (Å²) in [5.74, 6) is 0.290. The van der Waals surface area contributed by atoms with Crippen molar-refractivity contribution in [3.05, 3.63) is 76.4 Å². The zero-order valence-electron chi connectivity index (χ0n) is 17.4. The first kappa shape index (κ1) is 24.0. The van der Waals surface area contributed by atoms with Gasteiger partial charge in [-0.15, -0.1) is 0 Å². The molecule has 5 nitrogen and oxygen atoms in total. The van der Waals surface area contributed by atoms with E-state index in [9.17, 15) is 18.0 Å². The Balaban J connectivity index is 2.41. The van der Waals surface area contributed by atoms with Gasteiger partial charge in [0.25, 0.3) is 5.91 Å². The van der Waals surface area contributed by atoms with Crippen LogP contribution in [0.5, 0.6) is 11.5 Å². The van der Waals surface area contributed by atoms with Crippen molar-refractivity contribution in [3.63, 3.8) is 0 Å². The van der Waals surface area contributed by atoms with Crippen LogP contribution in [0.4, 0.5) is 13.2 Å². The SMILES string of the molecule is COc1ccc(C=CC(=O)NO)c(OCc2ccc(C(F)(F)F)cc2)c1CC=C(C)C. The highest BCUT2D eigenvalue weighted by Gasteiger charge is 2.29. The van der Waals surface area contributed by atoms with Crippen LogP contribution >= 0.6 is 0 Å². The highest BCUT2D eigenvalue weighted by molar-refractivity contribution is 5.91. The third kappa shape index (κ3) is 6.89. The average Bonchev–Trinajstić information content (AvgIpc) is 2.74. The predicted octanol–water partition coefficient (Wildman–Crippen LogP) is 5.32. The second kappa shape index (κ2) is 10.7. The van der Waals surface area contributed by atoms with Crippen LogP contribution in [0.2, 0.25) is 0 Å². The topological polar surface area (TPSA) is 67.8 Å². The molecular weight excluding hydrogens is 411 g/mol. The lowest BCUT2D eigenvalue weighted by Crippen LogP contribution is -2.14. The van der Waals surface area contributed by atoms with Gasteiger partial charge in [-0.1, -0.05) is 23.8 Å². The van der Waals surface area contributed by atoms with E-state index in [2.05, 4.69) is 0 Å². The van der Waals surface area contributed by atoms with Crippen molar-refractivity contribution in [1.82, 2.24) is 5.48 Å². The van der Waals surface area contributed by atoms with Crippen LogP contribution in [0, 0.1) is 0 Å². The summed E-state index contributed by atoms with van der Waals surface area (Å²) in [6, 6.07) is 8.13. The fourth-order valence-electron chi connectivity index (χ4n) is 2.77. The minimum Gasteiger partial charge on any atom is -0.496 e. The molecule has 0 saturated heterocycles. The molecule has 166 valence electrons. The Hall–Kier alpha value is -3.26. The van der Waals surface area contributed by atoms with Crippen molar-refractivity contribution in [2.24, 2.45) is 0 Å². The number of carbonyl (C=O) groups excluding carboxylic acids is 1. The monoisotopic (exact) mass is 435 g/mol. The molecule has 1 amide bonds. The van der Waals surface area contributed by atoms with E-state index in [4.69, 9.17) is 14.7 Å². The standard InChI is InChI=1S/C23H24F3NO4/c1-15(2)4-11-19-20(30-3)12-7-17(8-13-21(28)27-29)22(19)31-14-16-5-9-18(10-6-16)23(24,25)26/h4-10,12-13,29H,11,14H2,1-3H3,(H,27,28). The fourth-order valence-corrected chi connectivity index (χ4v) is 2.77. The van der Waals surface area contributed by atoms with Gasteiger partial charge in [-0.2, -0.15) is 13.2 Å². The van der Waals surface area contributed by atoms with Crippen LogP contribution in [0.1, 0.15) is 36.1 Å². The minimum atomic E-state index is -4.41. The molecule has 2 N–H and O–H groups in total. The number of ether oxygens (including phenoxy) is 2. The Labute approximate surface area is 178 Å². The Morgan fingerprint density at radius 1 is 1.13 bits per heavy atom. The van der Waals surface area contributed by atoms with Gasteiger partial charge in [0.15, 0.2) is 0 Å². The zero-order chi connectivity index (χ0) is 23.0. The molecule has 0 aliphatic heterocycles. The van der Waals surface area contributed by atoms with Crippen LogP contribution in [-0.4, -0.2) is 18.2 Å². The molecule has 8 heteroatoms. The van der Waals surface area contributed by atoms with E-state index < -0.39 is 17.6 Å². The largest absolute Gasteiger partial charge is 0.496 e. The Kier molecular flexibility index (Phi) is 8.27. The highest BCUT2D eigenvalue weighted by atomic mass is 19.4. The summed E-state index contributed by atoms with van der Waals surface area (Å²) in [5.41, 5.74) is 3.68. The Morgan fingerprint density at radius 3 is 2.35 bits per heavy atom. The second-order valence-electron chi connectivity index (χ2n) is 6.94. The van der Waals surface area contributed by atoms with Crippen LogP contribution in [0.15, 0.2) is 54.1 Å². The number of alkyl halides is 3. The molecule has 2 aromatic rings. The van der Waals surface area contributed by atoms with Crippen molar-refractivity contribution in [2.45, 2.75) is 33.1 Å². The molecule has 0 atom stereocenters. The van der Waals surface area contributed by atoms with Gasteiger partial charge in [0.1, 0.15) is 18.1 Å². The summed E-state index contributed by atoms with van der Waals surface area (Å²) in [5, 5.41) is 8.71. The van der Waals surface area contributed by atoms with Gasteiger partial charge >= 0.3 is 6.18 Å². The number of hydrogen-bond acceptors (Lipinski definition) is 4. The van der Waals surface area contributed by atoms with E-state index in [0.29, 0.717) is 29.0 Å². The number of amides is 1. The van der Waals surface area contributed by atoms with Crippen LogP contribution < -0.4 is 15.0 Å². The summed E-state index contributed by atoms with van der Waals surface area (Å²) in [4.78, 5) is 11.4. The number of carbonyl (C=O) groups is 1. The fraction of sp³-hybridized carbons (Fsp3) is 0.261. The van der Waals surface area contributed by atoms with Gasteiger partial charge in [-0.05, 0) is 56.2 Å². The molecule has 0 bridgehead atoms. The summed E-state index contributed by atoms with van der Waals surface area (Å²) in [6.45, 7) is 3.91. The number of hydroxylamine groups is 1. The molecule has 0 aliphatic carbocycles. The van der Waals surface area contributed by atoms with Crippen molar-refractivity contribution in [1.29, 1.82) is 0 Å². The quantitative estimate of drug-likeness (QED) is 0.255. The minimum absolute atomic E-state index is 0.0141. The number of allylic oxidation sites excluding steroid dienone is 2. The molecule has 2 aromatic carbocycles. The van der Waals surface area contributed by atoms with E-state index in [-0.39, 0.29) is 6.61 Å². The van der Waals surface area contributed by atoms with Crippen LogP contribution in [0.3, 0.4) is 0 Å². The lowest BCUT2D eigenvalue weighted by atomic mass is 10.0. The van der Waals surface area contributed by atoms with Crippen LogP contribution in [-0.2, 0) is 24.0 Å². The number of rotatable bonds is 8. The second-order valence-corrected chi connectivity index (χ2v) is 6.94. The number of hydrogen-bond donors (Lipinski definition) is 2. The maximum atomic E-state index is 12.8. The molecule has 0 aliphatic rings. The van der Waals surface area contributed by atoms with E-state index in [1.54, 1.807) is 12.1 Å². The molecule has 31 heavy (non-hydrogen) atoms. The van der Waals surface area contributed by atoms with E-state index in [0.717, 1.165) is 29.3 Å². The predicted molar refractivity (Wildman–Crippen MR) is 111 cm³/mol. The maximum Gasteiger partial charge on any atom is 0.416 e. The first-order valence-corrected chi connectivity index (χ1v) is 9.40. The van der Waals surface area contributed by atoms with E-state index >= 15 is 0 Å². The molecule has 0 radical (unpaired) electrons. The third-order valence-electron chi connectivity index (χ3n) is 4.37. The number of benzene rings is 2. The van der Waals surface area contributed by atoms with Crippen LogP contribution in [0.25, 0.3) is 6.08 Å². The van der Waals surface area contributed by atoms with E-state index in [1.165, 1.54) is 30.8 Å². The highest BCUT2D eigenvalue weighted by Crippen LogP contribution is 2.35. The average molecular weight is 435 g/mol. The van der Waals surface area contributed by atoms with Gasteiger partial charge in [-0.3, -0.25) is 10.0 Å².